The first-order valence-electron chi connectivity index (χ1n) is 12.7. The number of carbonyl (C=O) groups excluding carboxylic acids is 1. The number of Topliss-reactive ketones (excluding diaryl/α,β-unsaturated/α-hetero) is 1. The third-order valence-corrected chi connectivity index (χ3v) is 7.08. The van der Waals surface area contributed by atoms with Crippen LogP contribution < -0.4 is 15.0 Å². The molecule has 9 nitrogen and oxygen atoms in total. The van der Waals surface area contributed by atoms with Gasteiger partial charge in [-0.2, -0.15) is 4.98 Å². The SMILES string of the molecule is CN1CCN(c2ccc(CNc3ncc4c(-c5ccc6c(c5)OC(C)(C)CC6=O)c[nH]c4n3)cn2)CC1. The van der Waals surface area contributed by atoms with Gasteiger partial charge in [0.15, 0.2) is 5.78 Å². The number of pyridine rings is 1. The predicted octanol–water partition coefficient (Wildman–Crippen LogP) is 4.13. The van der Waals surface area contributed by atoms with Crippen LogP contribution in [0.1, 0.15) is 36.2 Å². The number of benzene rings is 1. The number of H-pyrrole nitrogens is 1. The Balaban J connectivity index is 1.15. The summed E-state index contributed by atoms with van der Waals surface area (Å²) in [7, 11) is 2.15. The van der Waals surface area contributed by atoms with Crippen LogP contribution in [0.2, 0.25) is 0 Å². The highest BCUT2D eigenvalue weighted by atomic mass is 16.5. The average Bonchev–Trinajstić information content (AvgIpc) is 3.30. The van der Waals surface area contributed by atoms with Crippen LogP contribution in [0.3, 0.4) is 0 Å². The fourth-order valence-corrected chi connectivity index (χ4v) is 4.98. The van der Waals surface area contributed by atoms with Gasteiger partial charge < -0.3 is 24.8 Å². The molecule has 4 aromatic rings. The maximum Gasteiger partial charge on any atom is 0.224 e. The van der Waals surface area contributed by atoms with Crippen molar-refractivity contribution in [2.45, 2.75) is 32.4 Å². The lowest BCUT2D eigenvalue weighted by molar-refractivity contribution is 0.0620. The van der Waals surface area contributed by atoms with Crippen LogP contribution in [-0.2, 0) is 6.54 Å². The molecular weight excluding hydrogens is 466 g/mol. The number of carbonyl (C=O) groups is 1. The van der Waals surface area contributed by atoms with Crippen LogP contribution in [0.5, 0.6) is 5.75 Å². The summed E-state index contributed by atoms with van der Waals surface area (Å²) in [6, 6.07) is 9.92. The maximum absolute atomic E-state index is 12.5. The van der Waals surface area contributed by atoms with Gasteiger partial charge in [-0.25, -0.2) is 9.97 Å². The van der Waals surface area contributed by atoms with E-state index in [4.69, 9.17) is 4.74 Å². The van der Waals surface area contributed by atoms with Crippen molar-refractivity contribution in [3.05, 3.63) is 60.0 Å². The monoisotopic (exact) mass is 497 g/mol. The Morgan fingerprint density at radius 1 is 1.05 bits per heavy atom. The zero-order valence-electron chi connectivity index (χ0n) is 21.4. The number of piperazine rings is 1. The smallest absolute Gasteiger partial charge is 0.224 e. The van der Waals surface area contributed by atoms with E-state index in [1.165, 1.54) is 0 Å². The summed E-state index contributed by atoms with van der Waals surface area (Å²) >= 11 is 0. The molecule has 0 spiro atoms. The van der Waals surface area contributed by atoms with Crippen LogP contribution in [-0.4, -0.2) is 69.4 Å². The highest BCUT2D eigenvalue weighted by Gasteiger charge is 2.32. The van der Waals surface area contributed by atoms with Gasteiger partial charge in [0.05, 0.1) is 12.0 Å². The van der Waals surface area contributed by atoms with E-state index >= 15 is 0 Å². The number of likely N-dealkylation sites (N-methyl/N-ethyl adjacent to an activating group) is 1. The quantitative estimate of drug-likeness (QED) is 0.425. The Hall–Kier alpha value is -3.98. The topological polar surface area (TPSA) is 99.3 Å². The van der Waals surface area contributed by atoms with Crippen molar-refractivity contribution in [2.24, 2.45) is 0 Å². The summed E-state index contributed by atoms with van der Waals surface area (Å²) in [4.78, 5) is 34.3. The molecule has 0 unspecified atom stereocenters. The summed E-state index contributed by atoms with van der Waals surface area (Å²) in [5.74, 6) is 2.30. The van der Waals surface area contributed by atoms with E-state index in [2.05, 4.69) is 54.2 Å². The normalized spacial score (nSPS) is 17.5. The van der Waals surface area contributed by atoms with Gasteiger partial charge in [0.25, 0.3) is 0 Å². The lowest BCUT2D eigenvalue weighted by Gasteiger charge is -2.33. The molecule has 5 heterocycles. The number of ketones is 1. The van der Waals surface area contributed by atoms with Crippen LogP contribution in [0.4, 0.5) is 11.8 Å². The fourth-order valence-electron chi connectivity index (χ4n) is 4.98. The van der Waals surface area contributed by atoms with Crippen molar-refractivity contribution >= 4 is 28.6 Å². The van der Waals surface area contributed by atoms with E-state index in [0.717, 1.165) is 59.7 Å². The Morgan fingerprint density at radius 3 is 2.68 bits per heavy atom. The van der Waals surface area contributed by atoms with Crippen LogP contribution in [0.15, 0.2) is 48.9 Å². The molecule has 0 atom stereocenters. The van der Waals surface area contributed by atoms with Gasteiger partial charge in [-0.15, -0.1) is 0 Å². The van der Waals surface area contributed by atoms with E-state index in [-0.39, 0.29) is 5.78 Å². The molecule has 2 aliphatic rings. The van der Waals surface area contributed by atoms with Crippen molar-refractivity contribution in [3.8, 4) is 16.9 Å². The highest BCUT2D eigenvalue weighted by Crippen LogP contribution is 2.37. The molecule has 9 heteroatoms. The summed E-state index contributed by atoms with van der Waals surface area (Å²) < 4.78 is 6.10. The highest BCUT2D eigenvalue weighted by molar-refractivity contribution is 6.02. The second-order valence-corrected chi connectivity index (χ2v) is 10.5. The van der Waals surface area contributed by atoms with Crippen molar-refractivity contribution in [2.75, 3.05) is 43.4 Å². The van der Waals surface area contributed by atoms with Gasteiger partial charge in [0.1, 0.15) is 22.8 Å². The third-order valence-electron chi connectivity index (χ3n) is 7.08. The van der Waals surface area contributed by atoms with Crippen LogP contribution in [0, 0.1) is 0 Å². The minimum atomic E-state index is -0.507. The standard InChI is InChI=1S/C28H31N7O2/c1-28(2)13-23(36)20-6-5-19(12-24(20)37-28)21-16-30-26-22(21)17-32-27(33-26)31-15-18-4-7-25(29-14-18)35-10-8-34(3)9-11-35/h4-7,12,14,16-17H,8-11,13,15H2,1-3H3,(H2,30,31,32,33). The van der Waals surface area contributed by atoms with E-state index in [0.29, 0.717) is 30.2 Å². The number of nitrogens with zero attached hydrogens (tertiary/aromatic N) is 5. The number of hydrogen-bond acceptors (Lipinski definition) is 8. The third kappa shape index (κ3) is 4.74. The Bertz CT molecular complexity index is 1450. The number of ether oxygens (including phenoxy) is 1. The second-order valence-electron chi connectivity index (χ2n) is 10.5. The molecule has 2 N–H and O–H groups in total. The first kappa shape index (κ1) is 23.4. The number of fused-ring (bicyclic) bond motifs is 2. The molecule has 0 aliphatic carbocycles. The molecule has 1 aromatic carbocycles. The van der Waals surface area contributed by atoms with E-state index in [1.807, 2.05) is 50.6 Å². The second kappa shape index (κ2) is 9.15. The zero-order valence-corrected chi connectivity index (χ0v) is 21.4. The molecule has 1 fully saturated rings. The zero-order chi connectivity index (χ0) is 25.6. The first-order chi connectivity index (χ1) is 17.8. The van der Waals surface area contributed by atoms with Crippen molar-refractivity contribution < 1.29 is 9.53 Å². The lowest BCUT2D eigenvalue weighted by Crippen LogP contribution is -2.44. The van der Waals surface area contributed by atoms with E-state index < -0.39 is 5.60 Å². The molecule has 0 amide bonds. The molecule has 6 rings (SSSR count). The molecule has 0 bridgehead atoms. The number of rotatable bonds is 5. The predicted molar refractivity (Wildman–Crippen MR) is 144 cm³/mol. The molecule has 1 saturated heterocycles. The number of nitrogens with one attached hydrogen (secondary N) is 2. The summed E-state index contributed by atoms with van der Waals surface area (Å²) in [6.07, 6.45) is 6.03. The fraction of sp³-hybridized carbons (Fsp3) is 0.357. The van der Waals surface area contributed by atoms with Gasteiger partial charge >= 0.3 is 0 Å². The maximum atomic E-state index is 12.5. The molecule has 190 valence electrons. The Kier molecular flexibility index (Phi) is 5.79. The van der Waals surface area contributed by atoms with E-state index in [9.17, 15) is 4.79 Å². The number of hydrogen-bond donors (Lipinski definition) is 2. The van der Waals surface area contributed by atoms with Gasteiger partial charge in [-0.3, -0.25) is 4.79 Å². The van der Waals surface area contributed by atoms with Gasteiger partial charge in [-0.1, -0.05) is 12.1 Å². The average molecular weight is 498 g/mol. The molecule has 2 aliphatic heterocycles. The van der Waals surface area contributed by atoms with Gasteiger partial charge in [0, 0.05) is 62.3 Å². The van der Waals surface area contributed by atoms with Crippen molar-refractivity contribution in [3.63, 3.8) is 0 Å². The van der Waals surface area contributed by atoms with Crippen LogP contribution in [0.25, 0.3) is 22.2 Å². The molecule has 0 saturated carbocycles. The minimum Gasteiger partial charge on any atom is -0.487 e. The van der Waals surface area contributed by atoms with E-state index in [1.54, 1.807) is 0 Å². The molecule has 0 radical (unpaired) electrons. The minimum absolute atomic E-state index is 0.111. The van der Waals surface area contributed by atoms with Crippen molar-refractivity contribution in [1.29, 1.82) is 0 Å². The number of aromatic amines is 1. The number of aromatic nitrogens is 4. The molecular formula is C28H31N7O2. The van der Waals surface area contributed by atoms with Gasteiger partial charge in [-0.05, 0) is 50.2 Å². The first-order valence-corrected chi connectivity index (χ1v) is 12.7. The summed E-state index contributed by atoms with van der Waals surface area (Å²) in [5, 5.41) is 4.21. The molecule has 37 heavy (non-hydrogen) atoms. The Labute approximate surface area is 215 Å². The number of anilines is 2. The summed E-state index contributed by atoms with van der Waals surface area (Å²) in [6.45, 7) is 8.58. The van der Waals surface area contributed by atoms with Crippen LogP contribution >= 0.6 is 0 Å². The summed E-state index contributed by atoms with van der Waals surface area (Å²) in [5.41, 5.74) is 3.86. The largest absolute Gasteiger partial charge is 0.487 e. The van der Waals surface area contributed by atoms with Crippen molar-refractivity contribution in [1.82, 2.24) is 24.8 Å². The van der Waals surface area contributed by atoms with Gasteiger partial charge in [0.2, 0.25) is 5.95 Å². The molecule has 3 aromatic heterocycles. The lowest BCUT2D eigenvalue weighted by atomic mass is 9.91. The Morgan fingerprint density at radius 2 is 1.89 bits per heavy atom.